The van der Waals surface area contributed by atoms with E-state index in [0.717, 1.165) is 0 Å². The fourth-order valence-corrected chi connectivity index (χ4v) is 3.45. The lowest BCUT2D eigenvalue weighted by Crippen LogP contribution is -2.32. The van der Waals surface area contributed by atoms with E-state index in [1.165, 1.54) is 22.3 Å². The molecule has 0 N–H and O–H groups in total. The lowest BCUT2D eigenvalue weighted by molar-refractivity contribution is 0.0490. The molecule has 1 fully saturated rings. The first-order valence-electron chi connectivity index (χ1n) is 6.72. The molecule has 19 heavy (non-hydrogen) atoms. The van der Waals surface area contributed by atoms with Gasteiger partial charge in [-0.3, -0.25) is 0 Å². The van der Waals surface area contributed by atoms with Gasteiger partial charge in [-0.25, -0.2) is 0 Å². The third kappa shape index (κ3) is 1.40. The van der Waals surface area contributed by atoms with E-state index < -0.39 is 0 Å². The SMILES string of the molecule is CB1O[C@@H]2c3ccccc3-c3ccccc3[C@]2(C)O1. The maximum atomic E-state index is 6.11. The Morgan fingerprint density at radius 3 is 2.53 bits per heavy atom. The average molecular weight is 250 g/mol. The molecule has 0 radical (unpaired) electrons. The molecule has 1 saturated heterocycles. The lowest BCUT2D eigenvalue weighted by Gasteiger charge is -2.38. The monoisotopic (exact) mass is 250 g/mol. The highest BCUT2D eigenvalue weighted by Crippen LogP contribution is 2.54. The lowest BCUT2D eigenvalue weighted by atomic mass is 9.75. The first kappa shape index (κ1) is 11.3. The average Bonchev–Trinajstić information content (AvgIpc) is 2.75. The number of fused-ring (bicyclic) bond motifs is 6. The standard InChI is InChI=1S/C16H15BO2/c1-16-14-10-6-5-8-12(14)11-7-3-4-9-13(11)15(16)18-17(2)19-16/h3-10,15H,1-2H3/t15-,16+/m1/s1. The van der Waals surface area contributed by atoms with E-state index in [1.54, 1.807) is 0 Å². The van der Waals surface area contributed by atoms with Gasteiger partial charge in [-0.1, -0.05) is 48.5 Å². The molecule has 1 aliphatic carbocycles. The minimum atomic E-state index is -0.385. The van der Waals surface area contributed by atoms with Gasteiger partial charge in [-0.05, 0) is 36.0 Å². The highest BCUT2D eigenvalue weighted by atomic mass is 16.7. The van der Waals surface area contributed by atoms with E-state index in [2.05, 4.69) is 55.5 Å². The van der Waals surface area contributed by atoms with E-state index in [0.29, 0.717) is 0 Å². The van der Waals surface area contributed by atoms with Crippen molar-refractivity contribution in [2.24, 2.45) is 0 Å². The molecular formula is C16H15BO2. The van der Waals surface area contributed by atoms with Crippen molar-refractivity contribution in [2.75, 3.05) is 0 Å². The molecule has 0 saturated carbocycles. The summed E-state index contributed by atoms with van der Waals surface area (Å²) in [4.78, 5) is 0. The number of hydrogen-bond donors (Lipinski definition) is 0. The molecule has 2 aromatic rings. The first-order chi connectivity index (χ1) is 9.20. The molecule has 0 unspecified atom stereocenters. The molecule has 2 aliphatic rings. The van der Waals surface area contributed by atoms with E-state index in [1.807, 2.05) is 6.82 Å². The van der Waals surface area contributed by atoms with Gasteiger partial charge in [0.1, 0.15) is 11.7 Å². The predicted octanol–water partition coefficient (Wildman–Crippen LogP) is 3.79. The van der Waals surface area contributed by atoms with E-state index in [4.69, 9.17) is 9.31 Å². The van der Waals surface area contributed by atoms with Gasteiger partial charge < -0.3 is 9.31 Å². The van der Waals surface area contributed by atoms with Crippen LogP contribution in [0.5, 0.6) is 0 Å². The van der Waals surface area contributed by atoms with Crippen LogP contribution in [0.3, 0.4) is 0 Å². The van der Waals surface area contributed by atoms with E-state index in [-0.39, 0.29) is 18.8 Å². The predicted molar refractivity (Wildman–Crippen MR) is 75.8 cm³/mol. The Morgan fingerprint density at radius 1 is 1.00 bits per heavy atom. The smallest absolute Gasteiger partial charge is 0.401 e. The second kappa shape index (κ2) is 3.72. The molecule has 0 aromatic heterocycles. The third-order valence-electron chi connectivity index (χ3n) is 4.23. The summed E-state index contributed by atoms with van der Waals surface area (Å²) in [6, 6.07) is 16.9. The van der Waals surface area contributed by atoms with Crippen molar-refractivity contribution >= 4 is 7.12 Å². The summed E-state index contributed by atoms with van der Waals surface area (Å²) in [7, 11) is -0.172. The number of benzene rings is 2. The molecule has 0 bridgehead atoms. The van der Waals surface area contributed by atoms with Crippen molar-refractivity contribution < 1.29 is 9.31 Å². The largest absolute Gasteiger partial charge is 0.454 e. The molecule has 2 aromatic carbocycles. The van der Waals surface area contributed by atoms with Gasteiger partial charge in [0.15, 0.2) is 0 Å². The molecule has 2 nitrogen and oxygen atoms in total. The Balaban J connectivity index is 2.06. The van der Waals surface area contributed by atoms with Crippen LogP contribution in [0, 0.1) is 0 Å². The summed E-state index contributed by atoms with van der Waals surface area (Å²) >= 11 is 0. The zero-order chi connectivity index (χ0) is 13.0. The molecule has 4 rings (SSSR count). The van der Waals surface area contributed by atoms with Crippen molar-refractivity contribution in [1.82, 2.24) is 0 Å². The van der Waals surface area contributed by atoms with Gasteiger partial charge in [0.2, 0.25) is 0 Å². The van der Waals surface area contributed by atoms with Crippen LogP contribution in [0.1, 0.15) is 24.2 Å². The van der Waals surface area contributed by atoms with Crippen molar-refractivity contribution in [2.45, 2.75) is 25.5 Å². The van der Waals surface area contributed by atoms with Gasteiger partial charge in [0.25, 0.3) is 0 Å². The zero-order valence-electron chi connectivity index (χ0n) is 11.1. The van der Waals surface area contributed by atoms with Crippen LogP contribution in [-0.4, -0.2) is 7.12 Å². The van der Waals surface area contributed by atoms with E-state index >= 15 is 0 Å². The first-order valence-corrected chi connectivity index (χ1v) is 6.72. The number of hydrogen-bond acceptors (Lipinski definition) is 2. The molecule has 3 heteroatoms. The van der Waals surface area contributed by atoms with Crippen molar-refractivity contribution in [3.05, 3.63) is 59.7 Å². The molecular weight excluding hydrogens is 235 g/mol. The quantitative estimate of drug-likeness (QED) is 0.662. The Bertz CT molecular complexity index is 655. The van der Waals surface area contributed by atoms with Crippen LogP contribution in [0.2, 0.25) is 6.82 Å². The normalized spacial score (nSPS) is 27.7. The maximum absolute atomic E-state index is 6.11. The molecule has 1 aliphatic heterocycles. The van der Waals surface area contributed by atoms with Crippen molar-refractivity contribution in [1.29, 1.82) is 0 Å². The minimum absolute atomic E-state index is 0.0198. The maximum Gasteiger partial charge on any atom is 0.454 e. The summed E-state index contributed by atoms with van der Waals surface area (Å²) in [6.07, 6.45) is -0.0198. The van der Waals surface area contributed by atoms with Crippen LogP contribution < -0.4 is 0 Å². The fraction of sp³-hybridized carbons (Fsp3) is 0.250. The Labute approximate surface area is 113 Å². The van der Waals surface area contributed by atoms with Gasteiger partial charge in [-0.15, -0.1) is 0 Å². The molecule has 0 amide bonds. The molecule has 1 heterocycles. The molecule has 2 atom stereocenters. The van der Waals surface area contributed by atoms with Gasteiger partial charge >= 0.3 is 7.12 Å². The van der Waals surface area contributed by atoms with Crippen LogP contribution in [0.4, 0.5) is 0 Å². The van der Waals surface area contributed by atoms with Crippen LogP contribution in [-0.2, 0) is 14.9 Å². The fourth-order valence-electron chi connectivity index (χ4n) is 3.45. The van der Waals surface area contributed by atoms with Crippen molar-refractivity contribution in [3.63, 3.8) is 0 Å². The van der Waals surface area contributed by atoms with Gasteiger partial charge in [0.05, 0.1) is 0 Å². The Hall–Kier alpha value is -1.58. The van der Waals surface area contributed by atoms with Crippen LogP contribution in [0.15, 0.2) is 48.5 Å². The summed E-state index contributed by atoms with van der Waals surface area (Å²) in [5.41, 5.74) is 4.59. The molecule has 0 spiro atoms. The van der Waals surface area contributed by atoms with E-state index in [9.17, 15) is 0 Å². The van der Waals surface area contributed by atoms with Crippen molar-refractivity contribution in [3.8, 4) is 11.1 Å². The highest BCUT2D eigenvalue weighted by molar-refractivity contribution is 6.43. The zero-order valence-corrected chi connectivity index (χ0v) is 11.1. The minimum Gasteiger partial charge on any atom is -0.401 e. The summed E-state index contributed by atoms with van der Waals surface area (Å²) in [5.74, 6) is 0. The van der Waals surface area contributed by atoms with Gasteiger partial charge in [-0.2, -0.15) is 0 Å². The second-order valence-electron chi connectivity index (χ2n) is 5.44. The summed E-state index contributed by atoms with van der Waals surface area (Å²) < 4.78 is 12.1. The summed E-state index contributed by atoms with van der Waals surface area (Å²) in [5, 5.41) is 0. The highest BCUT2D eigenvalue weighted by Gasteiger charge is 2.52. The second-order valence-corrected chi connectivity index (χ2v) is 5.44. The third-order valence-corrected chi connectivity index (χ3v) is 4.23. The Morgan fingerprint density at radius 2 is 1.68 bits per heavy atom. The molecule has 94 valence electrons. The Kier molecular flexibility index (Phi) is 2.20. The number of rotatable bonds is 0. The topological polar surface area (TPSA) is 18.5 Å². The van der Waals surface area contributed by atoms with Crippen LogP contribution in [0.25, 0.3) is 11.1 Å². The van der Waals surface area contributed by atoms with Crippen LogP contribution >= 0.6 is 0 Å². The van der Waals surface area contributed by atoms with Gasteiger partial charge in [0, 0.05) is 0 Å². The summed E-state index contributed by atoms with van der Waals surface area (Å²) in [6.45, 7) is 4.10.